The number of hydrogen-bond acceptors (Lipinski definition) is 3. The van der Waals surface area contributed by atoms with E-state index in [1.54, 1.807) is 21.0 Å². The molecule has 0 spiro atoms. The fourth-order valence-electron chi connectivity index (χ4n) is 2.09. The third kappa shape index (κ3) is 2.38. The van der Waals surface area contributed by atoms with Crippen molar-refractivity contribution in [3.05, 3.63) is 0 Å². The van der Waals surface area contributed by atoms with E-state index in [0.717, 1.165) is 13.0 Å². The van der Waals surface area contributed by atoms with Gasteiger partial charge in [0.15, 0.2) is 0 Å². The summed E-state index contributed by atoms with van der Waals surface area (Å²) in [4.78, 5) is 11.9. The van der Waals surface area contributed by atoms with Gasteiger partial charge in [0, 0.05) is 13.7 Å². The molecule has 1 heterocycles. The summed E-state index contributed by atoms with van der Waals surface area (Å²) in [6.45, 7) is 4.33. The van der Waals surface area contributed by atoms with Crippen LogP contribution in [0.4, 0.5) is 0 Å². The number of nitrogens with one attached hydrogen (secondary N) is 1. The number of carbonyl (C=O) groups excluding carboxylic acids is 1. The lowest BCUT2D eigenvalue weighted by molar-refractivity contribution is -0.140. The van der Waals surface area contributed by atoms with Crippen LogP contribution in [0.25, 0.3) is 0 Å². The average molecular weight is 227 g/mol. The third-order valence-electron chi connectivity index (χ3n) is 3.60. The number of methoxy groups -OCH3 is 1. The topological polar surface area (TPSA) is 47.6 Å². The predicted octanol–water partition coefficient (Wildman–Crippen LogP) is 1.10. The summed E-state index contributed by atoms with van der Waals surface area (Å²) in [5.41, 5.74) is -0.753. The molecule has 2 aliphatic rings. The van der Waals surface area contributed by atoms with Gasteiger partial charge in [-0.05, 0) is 39.0 Å². The molecule has 2 fully saturated rings. The molecule has 1 N–H and O–H groups in total. The smallest absolute Gasteiger partial charge is 0.251 e. The molecule has 1 aliphatic heterocycles. The summed E-state index contributed by atoms with van der Waals surface area (Å²) in [6, 6.07) is 0.175. The Bertz CT molecular complexity index is 273. The Morgan fingerprint density at radius 3 is 2.62 bits per heavy atom. The zero-order valence-corrected chi connectivity index (χ0v) is 10.3. The molecule has 1 saturated carbocycles. The van der Waals surface area contributed by atoms with Gasteiger partial charge in [0.1, 0.15) is 5.60 Å². The molecule has 0 bridgehead atoms. The van der Waals surface area contributed by atoms with Gasteiger partial charge in [-0.3, -0.25) is 4.79 Å². The lowest BCUT2D eigenvalue weighted by atomic mass is 10.0. The van der Waals surface area contributed by atoms with Crippen LogP contribution in [0.15, 0.2) is 0 Å². The molecule has 92 valence electrons. The summed E-state index contributed by atoms with van der Waals surface area (Å²) in [5.74, 6) is 0.620. The van der Waals surface area contributed by atoms with Gasteiger partial charge in [0.05, 0.1) is 12.1 Å². The highest BCUT2D eigenvalue weighted by atomic mass is 16.5. The van der Waals surface area contributed by atoms with Crippen molar-refractivity contribution in [2.24, 2.45) is 5.92 Å². The summed E-state index contributed by atoms with van der Waals surface area (Å²) in [7, 11) is 1.56. The Kier molecular flexibility index (Phi) is 3.22. The molecule has 2 rings (SSSR count). The normalized spacial score (nSPS) is 30.4. The lowest BCUT2D eigenvalue weighted by Gasteiger charge is -2.26. The Morgan fingerprint density at radius 2 is 2.06 bits per heavy atom. The maximum absolute atomic E-state index is 11.9. The van der Waals surface area contributed by atoms with E-state index in [4.69, 9.17) is 9.47 Å². The summed E-state index contributed by atoms with van der Waals surface area (Å²) >= 11 is 0. The highest BCUT2D eigenvalue weighted by Gasteiger charge is 2.42. The first-order chi connectivity index (χ1) is 7.54. The minimum atomic E-state index is -0.753. The van der Waals surface area contributed by atoms with Crippen molar-refractivity contribution < 1.29 is 14.3 Å². The van der Waals surface area contributed by atoms with E-state index in [1.807, 2.05) is 0 Å². The lowest BCUT2D eigenvalue weighted by Crippen LogP contribution is -2.50. The van der Waals surface area contributed by atoms with Crippen molar-refractivity contribution in [2.75, 3.05) is 13.7 Å². The quantitative estimate of drug-likeness (QED) is 0.782. The molecule has 2 atom stereocenters. The van der Waals surface area contributed by atoms with E-state index < -0.39 is 5.60 Å². The van der Waals surface area contributed by atoms with Crippen LogP contribution in [-0.4, -0.2) is 37.4 Å². The van der Waals surface area contributed by atoms with E-state index in [1.165, 1.54) is 12.8 Å². The van der Waals surface area contributed by atoms with Gasteiger partial charge < -0.3 is 14.8 Å². The number of hydrogen-bond donors (Lipinski definition) is 1. The van der Waals surface area contributed by atoms with Crippen LogP contribution < -0.4 is 5.32 Å². The maximum Gasteiger partial charge on any atom is 0.251 e. The van der Waals surface area contributed by atoms with Crippen molar-refractivity contribution in [2.45, 2.75) is 50.9 Å². The van der Waals surface area contributed by atoms with Gasteiger partial charge in [-0.2, -0.15) is 0 Å². The highest BCUT2D eigenvalue weighted by molar-refractivity contribution is 5.84. The zero-order valence-electron chi connectivity index (χ0n) is 10.3. The second-order valence-electron chi connectivity index (χ2n) is 5.26. The zero-order chi connectivity index (χ0) is 11.8. The number of ether oxygens (including phenoxy) is 2. The molecule has 1 saturated heterocycles. The van der Waals surface area contributed by atoms with E-state index in [2.05, 4.69) is 5.32 Å². The van der Waals surface area contributed by atoms with E-state index >= 15 is 0 Å². The Balaban J connectivity index is 1.90. The second kappa shape index (κ2) is 4.34. The van der Waals surface area contributed by atoms with Crippen molar-refractivity contribution in [3.8, 4) is 0 Å². The second-order valence-corrected chi connectivity index (χ2v) is 5.26. The fraction of sp³-hybridized carbons (Fsp3) is 0.917. The molecular weight excluding hydrogens is 206 g/mol. The van der Waals surface area contributed by atoms with Crippen LogP contribution in [0, 0.1) is 5.92 Å². The largest absolute Gasteiger partial charge is 0.376 e. The minimum Gasteiger partial charge on any atom is -0.376 e. The Labute approximate surface area is 96.7 Å². The molecule has 4 heteroatoms. The first-order valence-corrected chi connectivity index (χ1v) is 6.02. The summed E-state index contributed by atoms with van der Waals surface area (Å²) < 4.78 is 10.8. The van der Waals surface area contributed by atoms with Crippen molar-refractivity contribution in [1.29, 1.82) is 0 Å². The molecule has 0 aromatic heterocycles. The number of carbonyl (C=O) groups is 1. The fourth-order valence-corrected chi connectivity index (χ4v) is 2.09. The van der Waals surface area contributed by atoms with Crippen molar-refractivity contribution >= 4 is 5.91 Å². The van der Waals surface area contributed by atoms with Gasteiger partial charge in [-0.15, -0.1) is 0 Å². The van der Waals surface area contributed by atoms with Crippen molar-refractivity contribution in [1.82, 2.24) is 5.32 Å². The van der Waals surface area contributed by atoms with E-state index in [9.17, 15) is 4.79 Å². The van der Waals surface area contributed by atoms with E-state index in [0.29, 0.717) is 5.92 Å². The standard InChI is InChI=1S/C12H21NO3/c1-12(2,15-3)11(14)13-9-6-7-16-10(9)8-4-5-8/h8-10H,4-7H2,1-3H3,(H,13,14). The third-order valence-corrected chi connectivity index (χ3v) is 3.60. The molecule has 0 aromatic rings. The predicted molar refractivity (Wildman–Crippen MR) is 60.1 cm³/mol. The van der Waals surface area contributed by atoms with Crippen LogP contribution in [0.1, 0.15) is 33.1 Å². The number of rotatable bonds is 4. The molecular formula is C12H21NO3. The van der Waals surface area contributed by atoms with E-state index in [-0.39, 0.29) is 18.1 Å². The maximum atomic E-state index is 11.9. The molecule has 4 nitrogen and oxygen atoms in total. The van der Waals surface area contributed by atoms with Gasteiger partial charge in [0.2, 0.25) is 0 Å². The molecule has 1 aliphatic carbocycles. The van der Waals surface area contributed by atoms with Gasteiger partial charge >= 0.3 is 0 Å². The summed E-state index contributed by atoms with van der Waals surface area (Å²) in [6.07, 6.45) is 3.64. The van der Waals surface area contributed by atoms with Crippen LogP contribution in [0.3, 0.4) is 0 Å². The van der Waals surface area contributed by atoms with Crippen molar-refractivity contribution in [3.63, 3.8) is 0 Å². The van der Waals surface area contributed by atoms with Gasteiger partial charge in [-0.1, -0.05) is 0 Å². The van der Waals surface area contributed by atoms with Crippen LogP contribution in [0.2, 0.25) is 0 Å². The van der Waals surface area contributed by atoms with Crippen LogP contribution in [0.5, 0.6) is 0 Å². The van der Waals surface area contributed by atoms with Crippen LogP contribution >= 0.6 is 0 Å². The monoisotopic (exact) mass is 227 g/mol. The molecule has 16 heavy (non-hydrogen) atoms. The Morgan fingerprint density at radius 1 is 1.38 bits per heavy atom. The highest BCUT2D eigenvalue weighted by Crippen LogP contribution is 2.38. The minimum absolute atomic E-state index is 0.0452. The van der Waals surface area contributed by atoms with Gasteiger partial charge in [-0.25, -0.2) is 0 Å². The molecule has 2 unspecified atom stereocenters. The molecule has 1 amide bonds. The molecule has 0 aromatic carbocycles. The Hall–Kier alpha value is -0.610. The molecule has 0 radical (unpaired) electrons. The number of amides is 1. The summed E-state index contributed by atoms with van der Waals surface area (Å²) in [5, 5.41) is 3.05. The first kappa shape index (κ1) is 11.9. The first-order valence-electron chi connectivity index (χ1n) is 6.02. The van der Waals surface area contributed by atoms with Crippen LogP contribution in [-0.2, 0) is 14.3 Å². The average Bonchev–Trinajstić information content (AvgIpc) is 3.00. The SMILES string of the molecule is COC(C)(C)C(=O)NC1CCOC1C1CC1. The van der Waals surface area contributed by atoms with Gasteiger partial charge in [0.25, 0.3) is 5.91 Å².